The maximum atomic E-state index is 12.2. The van der Waals surface area contributed by atoms with Crippen LogP contribution in [0.1, 0.15) is 39.0 Å². The van der Waals surface area contributed by atoms with E-state index in [-0.39, 0.29) is 11.9 Å². The number of carbonyl (C=O) groups is 2. The fourth-order valence-electron chi connectivity index (χ4n) is 2.99. The predicted molar refractivity (Wildman–Crippen MR) is 67.2 cm³/mol. The molecule has 0 aromatic heterocycles. The Bertz CT molecular complexity index is 329. The van der Waals surface area contributed by atoms with E-state index in [4.69, 9.17) is 0 Å². The highest BCUT2D eigenvalue weighted by molar-refractivity contribution is 5.83. The molecule has 2 saturated heterocycles. The van der Waals surface area contributed by atoms with Crippen LogP contribution >= 0.6 is 0 Å². The second kappa shape index (κ2) is 5.26. The van der Waals surface area contributed by atoms with Gasteiger partial charge in [-0.05, 0) is 38.6 Å². The van der Waals surface area contributed by atoms with Crippen LogP contribution in [0.15, 0.2) is 0 Å². The Morgan fingerprint density at radius 3 is 2.50 bits per heavy atom. The van der Waals surface area contributed by atoms with Gasteiger partial charge in [0.15, 0.2) is 0 Å². The number of nitrogens with zero attached hydrogens (tertiary/aromatic N) is 1. The van der Waals surface area contributed by atoms with Crippen molar-refractivity contribution in [2.24, 2.45) is 5.41 Å². The highest BCUT2D eigenvalue weighted by Gasteiger charge is 2.41. The summed E-state index contributed by atoms with van der Waals surface area (Å²) in [4.78, 5) is 25.3. The van der Waals surface area contributed by atoms with Crippen LogP contribution in [0.2, 0.25) is 0 Å². The van der Waals surface area contributed by atoms with Gasteiger partial charge in [-0.2, -0.15) is 0 Å². The zero-order valence-corrected chi connectivity index (χ0v) is 10.9. The summed E-state index contributed by atoms with van der Waals surface area (Å²) in [5.74, 6) is -0.557. The monoisotopic (exact) mass is 254 g/mol. The van der Waals surface area contributed by atoms with Crippen molar-refractivity contribution >= 4 is 11.9 Å². The van der Waals surface area contributed by atoms with Crippen LogP contribution in [0.5, 0.6) is 0 Å². The molecule has 0 spiro atoms. The molecule has 2 heterocycles. The van der Waals surface area contributed by atoms with Crippen LogP contribution in [0.25, 0.3) is 0 Å². The third-order valence-corrected chi connectivity index (χ3v) is 4.52. The summed E-state index contributed by atoms with van der Waals surface area (Å²) in [6.45, 7) is 4.00. The zero-order chi connectivity index (χ0) is 13.2. The summed E-state index contributed by atoms with van der Waals surface area (Å²) in [6.07, 6.45) is 3.77. The average Bonchev–Trinajstić information content (AvgIpc) is 2.91. The van der Waals surface area contributed by atoms with E-state index in [9.17, 15) is 14.7 Å². The molecule has 0 saturated carbocycles. The molecule has 18 heavy (non-hydrogen) atoms. The summed E-state index contributed by atoms with van der Waals surface area (Å²) >= 11 is 0. The van der Waals surface area contributed by atoms with Gasteiger partial charge in [0.2, 0.25) is 5.91 Å². The van der Waals surface area contributed by atoms with Gasteiger partial charge in [-0.15, -0.1) is 0 Å². The minimum Gasteiger partial charge on any atom is -0.481 e. The lowest BCUT2D eigenvalue weighted by molar-refractivity contribution is -0.155. The quantitative estimate of drug-likeness (QED) is 0.783. The molecular weight excluding hydrogens is 232 g/mol. The number of aliphatic carboxylic acids is 1. The fourth-order valence-corrected chi connectivity index (χ4v) is 2.99. The minimum atomic E-state index is -0.712. The Kier molecular flexibility index (Phi) is 3.90. The molecule has 2 fully saturated rings. The van der Waals surface area contributed by atoms with E-state index < -0.39 is 11.4 Å². The lowest BCUT2D eigenvalue weighted by atomic mass is 9.76. The maximum absolute atomic E-state index is 12.2. The molecule has 1 amide bonds. The van der Waals surface area contributed by atoms with Gasteiger partial charge in [0.05, 0.1) is 11.5 Å². The molecule has 0 aromatic carbocycles. The average molecular weight is 254 g/mol. The van der Waals surface area contributed by atoms with Gasteiger partial charge in [0, 0.05) is 13.1 Å². The molecule has 2 aliphatic rings. The molecule has 2 N–H and O–H groups in total. The van der Waals surface area contributed by atoms with Gasteiger partial charge in [0.25, 0.3) is 0 Å². The van der Waals surface area contributed by atoms with Gasteiger partial charge < -0.3 is 15.3 Å². The van der Waals surface area contributed by atoms with Gasteiger partial charge in [-0.25, -0.2) is 0 Å². The van der Waals surface area contributed by atoms with Crippen LogP contribution in [0.4, 0.5) is 0 Å². The second-order valence-corrected chi connectivity index (χ2v) is 5.41. The topological polar surface area (TPSA) is 69.6 Å². The van der Waals surface area contributed by atoms with Crippen LogP contribution in [-0.2, 0) is 9.59 Å². The number of likely N-dealkylation sites (tertiary alicyclic amines) is 1. The Morgan fingerprint density at radius 1 is 1.39 bits per heavy atom. The Labute approximate surface area is 108 Å². The third-order valence-electron chi connectivity index (χ3n) is 4.52. The first-order valence-electron chi connectivity index (χ1n) is 6.84. The van der Waals surface area contributed by atoms with E-state index >= 15 is 0 Å². The number of nitrogens with one attached hydrogen (secondary N) is 1. The zero-order valence-electron chi connectivity index (χ0n) is 10.9. The van der Waals surface area contributed by atoms with Crippen molar-refractivity contribution in [1.82, 2.24) is 10.2 Å². The first-order valence-corrected chi connectivity index (χ1v) is 6.84. The molecule has 102 valence electrons. The highest BCUT2D eigenvalue weighted by atomic mass is 16.4. The van der Waals surface area contributed by atoms with Crippen LogP contribution < -0.4 is 5.32 Å². The van der Waals surface area contributed by atoms with Crippen molar-refractivity contribution in [1.29, 1.82) is 0 Å². The van der Waals surface area contributed by atoms with Crippen molar-refractivity contribution in [2.45, 2.75) is 45.1 Å². The van der Waals surface area contributed by atoms with E-state index in [1.165, 1.54) is 0 Å². The largest absolute Gasteiger partial charge is 0.481 e. The molecule has 0 aliphatic carbocycles. The molecule has 0 aromatic rings. The fraction of sp³-hybridized carbons (Fsp3) is 0.846. The Morgan fingerprint density at radius 2 is 2.06 bits per heavy atom. The van der Waals surface area contributed by atoms with E-state index in [0.29, 0.717) is 32.4 Å². The van der Waals surface area contributed by atoms with Gasteiger partial charge >= 0.3 is 5.97 Å². The molecule has 1 unspecified atom stereocenters. The minimum absolute atomic E-state index is 0.0380. The molecule has 0 bridgehead atoms. The first-order chi connectivity index (χ1) is 8.59. The van der Waals surface area contributed by atoms with Gasteiger partial charge in [-0.1, -0.05) is 6.92 Å². The SMILES string of the molecule is CCC1(C(=O)O)CCN(C(=O)C2CCCN2)CC1. The summed E-state index contributed by atoms with van der Waals surface area (Å²) in [5.41, 5.74) is -0.611. The lowest BCUT2D eigenvalue weighted by Crippen LogP contribution is -2.50. The second-order valence-electron chi connectivity index (χ2n) is 5.41. The van der Waals surface area contributed by atoms with Gasteiger partial charge in [0.1, 0.15) is 0 Å². The Hall–Kier alpha value is -1.10. The van der Waals surface area contributed by atoms with Crippen molar-refractivity contribution in [2.75, 3.05) is 19.6 Å². The number of hydrogen-bond acceptors (Lipinski definition) is 3. The van der Waals surface area contributed by atoms with Crippen LogP contribution in [0, 0.1) is 5.41 Å². The first kappa shape index (κ1) is 13.3. The summed E-state index contributed by atoms with van der Waals surface area (Å²) in [7, 11) is 0. The number of amides is 1. The highest BCUT2D eigenvalue weighted by Crippen LogP contribution is 2.35. The van der Waals surface area contributed by atoms with E-state index in [2.05, 4.69) is 5.32 Å². The predicted octanol–water partition coefficient (Wildman–Crippen LogP) is 0.842. The standard InChI is InChI=1S/C13H22N2O3/c1-2-13(12(17)18)5-8-15(9-6-13)11(16)10-4-3-7-14-10/h10,14H,2-9H2,1H3,(H,17,18). The summed E-state index contributed by atoms with van der Waals surface area (Å²) in [5, 5.41) is 12.5. The normalized spacial score (nSPS) is 27.2. The summed E-state index contributed by atoms with van der Waals surface area (Å²) < 4.78 is 0. The molecule has 5 nitrogen and oxygen atoms in total. The number of carbonyl (C=O) groups excluding carboxylic acids is 1. The Balaban J connectivity index is 1.93. The number of carboxylic acid groups (broad SMARTS) is 1. The number of rotatable bonds is 3. The number of carboxylic acids is 1. The third kappa shape index (κ3) is 2.36. The smallest absolute Gasteiger partial charge is 0.309 e. The van der Waals surface area contributed by atoms with Crippen LogP contribution in [0.3, 0.4) is 0 Å². The van der Waals surface area contributed by atoms with Crippen molar-refractivity contribution < 1.29 is 14.7 Å². The number of piperidine rings is 1. The number of hydrogen-bond donors (Lipinski definition) is 2. The van der Waals surface area contributed by atoms with E-state index in [1.54, 1.807) is 0 Å². The maximum Gasteiger partial charge on any atom is 0.309 e. The van der Waals surface area contributed by atoms with Gasteiger partial charge in [-0.3, -0.25) is 9.59 Å². The molecular formula is C13H22N2O3. The molecule has 2 aliphatic heterocycles. The van der Waals surface area contributed by atoms with E-state index in [0.717, 1.165) is 19.4 Å². The molecule has 2 rings (SSSR count). The summed E-state index contributed by atoms with van der Waals surface area (Å²) in [6, 6.07) is -0.0380. The van der Waals surface area contributed by atoms with Crippen molar-refractivity contribution in [3.05, 3.63) is 0 Å². The molecule has 5 heteroatoms. The molecule has 1 atom stereocenters. The van der Waals surface area contributed by atoms with Crippen LogP contribution in [-0.4, -0.2) is 47.6 Å². The molecule has 0 radical (unpaired) electrons. The van der Waals surface area contributed by atoms with Crippen molar-refractivity contribution in [3.63, 3.8) is 0 Å². The van der Waals surface area contributed by atoms with E-state index in [1.807, 2.05) is 11.8 Å². The lowest BCUT2D eigenvalue weighted by Gasteiger charge is -2.39. The van der Waals surface area contributed by atoms with Crippen molar-refractivity contribution in [3.8, 4) is 0 Å².